The second-order valence-corrected chi connectivity index (χ2v) is 5.14. The highest BCUT2D eigenvalue weighted by Gasteiger charge is 2.12. The number of likely N-dealkylation sites (N-methyl/N-ethyl adjacent to an activating group) is 1. The minimum atomic E-state index is 0.179. The van der Waals surface area contributed by atoms with Crippen LogP contribution in [0.3, 0.4) is 0 Å². The zero-order valence-electron chi connectivity index (χ0n) is 11.1. The van der Waals surface area contributed by atoms with E-state index in [9.17, 15) is 5.11 Å². The lowest BCUT2D eigenvalue weighted by Crippen LogP contribution is -2.44. The quantitative estimate of drug-likeness (QED) is 0.621. The molecule has 0 aromatic heterocycles. The van der Waals surface area contributed by atoms with Crippen LogP contribution in [0.4, 0.5) is 5.69 Å². The van der Waals surface area contributed by atoms with Gasteiger partial charge in [-0.1, -0.05) is 6.07 Å². The molecule has 1 saturated heterocycles. The summed E-state index contributed by atoms with van der Waals surface area (Å²) in [6, 6.07) is 5.51. The molecule has 0 saturated carbocycles. The molecule has 1 aliphatic heterocycles. The van der Waals surface area contributed by atoms with E-state index >= 15 is 0 Å². The standard InChI is InChI=1S/C14H23N3O/c1-16-7-9-17(10-8-16)6-2-3-12-4-5-14(18)13(15)11-12/h4-5,11,18H,2-3,6-10,15H2,1H3. The Hall–Kier alpha value is -1.26. The van der Waals surface area contributed by atoms with Gasteiger partial charge in [-0.15, -0.1) is 0 Å². The van der Waals surface area contributed by atoms with Crippen molar-refractivity contribution in [2.24, 2.45) is 0 Å². The van der Waals surface area contributed by atoms with E-state index in [2.05, 4.69) is 16.8 Å². The van der Waals surface area contributed by atoms with Crippen LogP contribution in [0.2, 0.25) is 0 Å². The Balaban J connectivity index is 1.73. The smallest absolute Gasteiger partial charge is 0.138 e. The highest BCUT2D eigenvalue weighted by atomic mass is 16.3. The maximum Gasteiger partial charge on any atom is 0.138 e. The van der Waals surface area contributed by atoms with Crippen molar-refractivity contribution in [3.63, 3.8) is 0 Å². The number of hydrogen-bond donors (Lipinski definition) is 2. The van der Waals surface area contributed by atoms with Crippen molar-refractivity contribution in [2.45, 2.75) is 12.8 Å². The molecule has 1 heterocycles. The third kappa shape index (κ3) is 3.62. The molecule has 0 aliphatic carbocycles. The first-order valence-electron chi connectivity index (χ1n) is 6.63. The van der Waals surface area contributed by atoms with E-state index in [4.69, 9.17) is 5.73 Å². The van der Waals surface area contributed by atoms with Crippen molar-refractivity contribution in [1.29, 1.82) is 0 Å². The first-order valence-corrected chi connectivity index (χ1v) is 6.63. The maximum atomic E-state index is 9.36. The Bertz CT molecular complexity index is 387. The number of nitrogen functional groups attached to an aromatic ring is 1. The molecule has 0 bridgehead atoms. The maximum absolute atomic E-state index is 9.36. The highest BCUT2D eigenvalue weighted by Crippen LogP contribution is 2.21. The summed E-state index contributed by atoms with van der Waals surface area (Å²) in [5.41, 5.74) is 7.37. The average Bonchev–Trinajstić information content (AvgIpc) is 2.36. The van der Waals surface area contributed by atoms with Gasteiger partial charge in [-0.05, 0) is 44.1 Å². The van der Waals surface area contributed by atoms with E-state index < -0.39 is 0 Å². The van der Waals surface area contributed by atoms with Gasteiger partial charge in [0.1, 0.15) is 5.75 Å². The normalized spacial score (nSPS) is 18.1. The first kappa shape index (κ1) is 13.2. The minimum Gasteiger partial charge on any atom is -0.506 e. The molecule has 18 heavy (non-hydrogen) atoms. The van der Waals surface area contributed by atoms with Crippen molar-refractivity contribution in [3.8, 4) is 5.75 Å². The van der Waals surface area contributed by atoms with E-state index in [0.29, 0.717) is 5.69 Å². The van der Waals surface area contributed by atoms with E-state index in [0.717, 1.165) is 19.4 Å². The van der Waals surface area contributed by atoms with Crippen LogP contribution in [-0.2, 0) is 6.42 Å². The van der Waals surface area contributed by atoms with Gasteiger partial charge >= 0.3 is 0 Å². The zero-order valence-corrected chi connectivity index (χ0v) is 11.1. The summed E-state index contributed by atoms with van der Waals surface area (Å²) in [4.78, 5) is 4.89. The Morgan fingerprint density at radius 3 is 2.61 bits per heavy atom. The van der Waals surface area contributed by atoms with Gasteiger partial charge in [-0.25, -0.2) is 0 Å². The number of phenols is 1. The van der Waals surface area contributed by atoms with Crippen LogP contribution in [-0.4, -0.2) is 54.7 Å². The largest absolute Gasteiger partial charge is 0.506 e. The summed E-state index contributed by atoms with van der Waals surface area (Å²) in [5.74, 6) is 0.179. The second kappa shape index (κ2) is 6.07. The van der Waals surface area contributed by atoms with Crippen LogP contribution in [0.25, 0.3) is 0 Å². The van der Waals surface area contributed by atoms with Crippen LogP contribution in [0, 0.1) is 0 Å². The van der Waals surface area contributed by atoms with Crippen molar-refractivity contribution in [1.82, 2.24) is 9.80 Å². The molecule has 0 amide bonds. The van der Waals surface area contributed by atoms with Crippen LogP contribution >= 0.6 is 0 Å². The monoisotopic (exact) mass is 249 g/mol. The number of aryl methyl sites for hydroxylation is 1. The molecule has 1 aromatic rings. The van der Waals surface area contributed by atoms with Gasteiger partial charge in [0.05, 0.1) is 5.69 Å². The fourth-order valence-corrected chi connectivity index (χ4v) is 2.34. The van der Waals surface area contributed by atoms with Gasteiger partial charge < -0.3 is 20.6 Å². The van der Waals surface area contributed by atoms with Crippen LogP contribution in [0.1, 0.15) is 12.0 Å². The lowest BCUT2D eigenvalue weighted by molar-refractivity contribution is 0.153. The number of piperazine rings is 1. The Morgan fingerprint density at radius 2 is 1.94 bits per heavy atom. The molecular formula is C14H23N3O. The van der Waals surface area contributed by atoms with Gasteiger partial charge in [0.25, 0.3) is 0 Å². The number of benzene rings is 1. The van der Waals surface area contributed by atoms with Crippen molar-refractivity contribution >= 4 is 5.69 Å². The molecule has 0 spiro atoms. The average molecular weight is 249 g/mol. The topological polar surface area (TPSA) is 52.7 Å². The van der Waals surface area contributed by atoms with Gasteiger partial charge in [-0.2, -0.15) is 0 Å². The Kier molecular flexibility index (Phi) is 4.44. The number of aromatic hydroxyl groups is 1. The summed E-state index contributed by atoms with van der Waals surface area (Å²) in [7, 11) is 2.18. The summed E-state index contributed by atoms with van der Waals surface area (Å²) >= 11 is 0. The van der Waals surface area contributed by atoms with Crippen molar-refractivity contribution in [3.05, 3.63) is 23.8 Å². The third-order valence-corrected chi connectivity index (χ3v) is 3.63. The number of phenolic OH excluding ortho intramolecular Hbond substituents is 1. The number of nitrogens with zero attached hydrogens (tertiary/aromatic N) is 2. The molecule has 3 N–H and O–H groups in total. The molecule has 1 fully saturated rings. The van der Waals surface area contributed by atoms with Crippen LogP contribution in [0.5, 0.6) is 5.75 Å². The summed E-state index contributed by atoms with van der Waals surface area (Å²) in [6.07, 6.45) is 2.17. The molecule has 4 heteroatoms. The Morgan fingerprint density at radius 1 is 1.22 bits per heavy atom. The van der Waals surface area contributed by atoms with Gasteiger partial charge in [-0.3, -0.25) is 0 Å². The lowest BCUT2D eigenvalue weighted by atomic mass is 10.1. The van der Waals surface area contributed by atoms with Crippen molar-refractivity contribution < 1.29 is 5.11 Å². The molecule has 0 unspecified atom stereocenters. The number of hydrogen-bond acceptors (Lipinski definition) is 4. The molecule has 100 valence electrons. The second-order valence-electron chi connectivity index (χ2n) is 5.14. The Labute approximate surface area is 109 Å². The molecule has 0 atom stereocenters. The fourth-order valence-electron chi connectivity index (χ4n) is 2.34. The molecule has 4 nitrogen and oxygen atoms in total. The highest BCUT2D eigenvalue weighted by molar-refractivity contribution is 5.53. The third-order valence-electron chi connectivity index (χ3n) is 3.63. The van der Waals surface area contributed by atoms with Gasteiger partial charge in [0.2, 0.25) is 0 Å². The number of anilines is 1. The minimum absolute atomic E-state index is 0.179. The SMILES string of the molecule is CN1CCN(CCCc2ccc(O)c(N)c2)CC1. The summed E-state index contributed by atoms with van der Waals surface area (Å²) < 4.78 is 0. The molecule has 2 rings (SSSR count). The van der Waals surface area contributed by atoms with Crippen LogP contribution in [0.15, 0.2) is 18.2 Å². The van der Waals surface area contributed by atoms with Crippen LogP contribution < -0.4 is 5.73 Å². The van der Waals surface area contributed by atoms with E-state index in [1.807, 2.05) is 12.1 Å². The summed E-state index contributed by atoms with van der Waals surface area (Å²) in [6.45, 7) is 5.84. The van der Waals surface area contributed by atoms with E-state index in [-0.39, 0.29) is 5.75 Å². The molecule has 0 radical (unpaired) electrons. The van der Waals surface area contributed by atoms with Gasteiger partial charge in [0, 0.05) is 26.2 Å². The predicted molar refractivity (Wildman–Crippen MR) is 74.8 cm³/mol. The zero-order chi connectivity index (χ0) is 13.0. The fraction of sp³-hybridized carbons (Fsp3) is 0.571. The van der Waals surface area contributed by atoms with Crippen molar-refractivity contribution in [2.75, 3.05) is 45.5 Å². The predicted octanol–water partition coefficient (Wildman–Crippen LogP) is 1.15. The summed E-state index contributed by atoms with van der Waals surface area (Å²) in [5, 5.41) is 9.36. The lowest BCUT2D eigenvalue weighted by Gasteiger charge is -2.32. The molecule has 1 aliphatic rings. The number of rotatable bonds is 4. The number of nitrogens with two attached hydrogens (primary N) is 1. The molecular weight excluding hydrogens is 226 g/mol. The van der Waals surface area contributed by atoms with E-state index in [1.165, 1.54) is 31.7 Å². The molecule has 1 aromatic carbocycles. The first-order chi connectivity index (χ1) is 8.65. The van der Waals surface area contributed by atoms with Gasteiger partial charge in [0.15, 0.2) is 0 Å². The van der Waals surface area contributed by atoms with E-state index in [1.54, 1.807) is 6.07 Å².